The van der Waals surface area contributed by atoms with E-state index in [1.54, 1.807) is 24.9 Å². The maximum atomic E-state index is 13.5. The highest BCUT2D eigenvalue weighted by Gasteiger charge is 2.22. The molecule has 30 heavy (non-hydrogen) atoms. The molecule has 2 rings (SSSR count). The van der Waals surface area contributed by atoms with Crippen LogP contribution in [0, 0.1) is 11.7 Å². The van der Waals surface area contributed by atoms with E-state index in [2.05, 4.69) is 20.5 Å². The van der Waals surface area contributed by atoms with Crippen LogP contribution in [0.4, 0.5) is 4.39 Å². The molecule has 0 spiro atoms. The monoisotopic (exact) mass is 551 g/mol. The van der Waals surface area contributed by atoms with Gasteiger partial charge in [-0.15, -0.1) is 24.0 Å². The Morgan fingerprint density at radius 2 is 2.00 bits per heavy atom. The van der Waals surface area contributed by atoms with Gasteiger partial charge >= 0.3 is 0 Å². The lowest BCUT2D eigenvalue weighted by Crippen LogP contribution is -2.39. The molecule has 4 N–H and O–H groups in total. The van der Waals surface area contributed by atoms with E-state index in [4.69, 9.17) is 5.73 Å². The molecule has 1 fully saturated rings. The minimum Gasteiger partial charge on any atom is -0.369 e. The Bertz CT molecular complexity index is 683. The third-order valence-electron chi connectivity index (χ3n) is 5.32. The van der Waals surface area contributed by atoms with Gasteiger partial charge in [-0.2, -0.15) is 11.8 Å². The molecule has 9 heteroatoms. The molecule has 0 radical (unpaired) electrons. The smallest absolute Gasteiger partial charge is 0.220 e. The Morgan fingerprint density at radius 1 is 1.27 bits per heavy atom. The minimum absolute atomic E-state index is 0. The summed E-state index contributed by atoms with van der Waals surface area (Å²) in [6, 6.07) is 4.95. The molecule has 0 unspecified atom stereocenters. The molecule has 0 atom stereocenters. The van der Waals surface area contributed by atoms with Crippen molar-refractivity contribution in [3.8, 4) is 0 Å². The highest BCUT2D eigenvalue weighted by atomic mass is 127. The van der Waals surface area contributed by atoms with Crippen molar-refractivity contribution < 1.29 is 9.18 Å². The number of halogens is 2. The molecular formula is C21H35FIN5OS. The van der Waals surface area contributed by atoms with E-state index in [1.807, 2.05) is 12.3 Å². The lowest BCUT2D eigenvalue weighted by molar-refractivity contribution is -0.123. The molecule has 1 aliphatic rings. The number of aliphatic imine (C=N–C) groups is 1. The van der Waals surface area contributed by atoms with E-state index in [9.17, 15) is 9.18 Å². The number of hydrogen-bond donors (Lipinski definition) is 3. The number of carbonyl (C=O) groups is 1. The van der Waals surface area contributed by atoms with Crippen molar-refractivity contribution in [3.63, 3.8) is 0 Å². The van der Waals surface area contributed by atoms with Crippen molar-refractivity contribution in [1.29, 1.82) is 0 Å². The SMILES string of the molecule is CN=C(NCCCCN1CCC(C(N)=O)CC1)NCc1ccc(F)cc1CSC.I. The van der Waals surface area contributed by atoms with Gasteiger partial charge in [0.05, 0.1) is 0 Å². The van der Waals surface area contributed by atoms with Crippen LogP contribution in [0.5, 0.6) is 0 Å². The zero-order valence-electron chi connectivity index (χ0n) is 18.0. The van der Waals surface area contributed by atoms with E-state index in [1.165, 1.54) is 6.07 Å². The Labute approximate surface area is 201 Å². The van der Waals surface area contributed by atoms with Crippen LogP contribution in [0.3, 0.4) is 0 Å². The normalized spacial score (nSPS) is 15.5. The molecule has 1 aromatic carbocycles. The molecule has 0 aliphatic carbocycles. The quantitative estimate of drug-likeness (QED) is 0.180. The number of rotatable bonds is 10. The predicted molar refractivity (Wildman–Crippen MR) is 135 cm³/mol. The van der Waals surface area contributed by atoms with E-state index in [0.29, 0.717) is 6.54 Å². The van der Waals surface area contributed by atoms with E-state index in [0.717, 1.165) is 74.7 Å². The molecule has 1 aromatic rings. The van der Waals surface area contributed by atoms with E-state index in [-0.39, 0.29) is 41.6 Å². The molecular weight excluding hydrogens is 516 g/mol. The average molecular weight is 552 g/mol. The molecule has 1 amide bonds. The Hall–Kier alpha value is -1.07. The molecule has 170 valence electrons. The van der Waals surface area contributed by atoms with Gasteiger partial charge in [-0.3, -0.25) is 9.79 Å². The number of likely N-dealkylation sites (tertiary alicyclic amines) is 1. The topological polar surface area (TPSA) is 82.8 Å². The lowest BCUT2D eigenvalue weighted by atomic mass is 9.96. The summed E-state index contributed by atoms with van der Waals surface area (Å²) in [4.78, 5) is 17.9. The number of guanidine groups is 1. The number of hydrogen-bond acceptors (Lipinski definition) is 4. The van der Waals surface area contributed by atoms with Crippen molar-refractivity contribution in [2.75, 3.05) is 39.5 Å². The number of benzene rings is 1. The van der Waals surface area contributed by atoms with Crippen molar-refractivity contribution in [2.24, 2.45) is 16.6 Å². The van der Waals surface area contributed by atoms with Gasteiger partial charge in [-0.1, -0.05) is 6.07 Å². The number of primary amides is 1. The number of carbonyl (C=O) groups excluding carboxylic acids is 1. The molecule has 0 saturated carbocycles. The first-order valence-corrected chi connectivity index (χ1v) is 11.6. The van der Waals surface area contributed by atoms with Crippen LogP contribution in [0.15, 0.2) is 23.2 Å². The zero-order chi connectivity index (χ0) is 21.1. The fourth-order valence-corrected chi connectivity index (χ4v) is 4.14. The van der Waals surface area contributed by atoms with E-state index >= 15 is 0 Å². The summed E-state index contributed by atoms with van der Waals surface area (Å²) in [5.74, 6) is 1.25. The van der Waals surface area contributed by atoms with Gasteiger partial charge in [0.25, 0.3) is 0 Å². The second-order valence-corrected chi connectivity index (χ2v) is 8.29. The number of nitrogens with zero attached hydrogens (tertiary/aromatic N) is 2. The second kappa shape index (κ2) is 14.9. The molecule has 1 saturated heterocycles. The van der Waals surface area contributed by atoms with Crippen LogP contribution >= 0.6 is 35.7 Å². The Morgan fingerprint density at radius 3 is 2.63 bits per heavy atom. The third-order valence-corrected chi connectivity index (χ3v) is 5.92. The van der Waals surface area contributed by atoms with E-state index < -0.39 is 0 Å². The number of piperidine rings is 1. The number of nitrogens with two attached hydrogens (primary N) is 1. The van der Waals surface area contributed by atoms with Gasteiger partial charge in [-0.25, -0.2) is 4.39 Å². The highest BCUT2D eigenvalue weighted by molar-refractivity contribution is 14.0. The van der Waals surface area contributed by atoms with Crippen molar-refractivity contribution in [2.45, 2.75) is 38.0 Å². The first-order chi connectivity index (χ1) is 14.0. The maximum absolute atomic E-state index is 13.5. The van der Waals surface area contributed by atoms with Crippen LogP contribution in [-0.4, -0.2) is 56.2 Å². The average Bonchev–Trinajstić information content (AvgIpc) is 2.71. The number of amides is 1. The standard InChI is InChI=1S/C21H34FN5OS.HI/c1-24-21(26-14-17-5-6-19(22)13-18(17)15-29-2)25-9-3-4-10-27-11-7-16(8-12-27)20(23)28;/h5-6,13,16H,3-4,7-12,14-15H2,1-2H3,(H2,23,28)(H2,24,25,26);1H. The van der Waals surface area contributed by atoms with Gasteiger partial charge < -0.3 is 21.3 Å². The zero-order valence-corrected chi connectivity index (χ0v) is 21.1. The van der Waals surface area contributed by atoms with Gasteiger partial charge in [-0.05, 0) is 74.8 Å². The number of thioether (sulfide) groups is 1. The molecule has 0 aromatic heterocycles. The summed E-state index contributed by atoms with van der Waals surface area (Å²) < 4.78 is 13.5. The summed E-state index contributed by atoms with van der Waals surface area (Å²) in [7, 11) is 1.76. The summed E-state index contributed by atoms with van der Waals surface area (Å²) in [5, 5.41) is 6.65. The second-order valence-electron chi connectivity index (χ2n) is 7.42. The summed E-state index contributed by atoms with van der Waals surface area (Å²) >= 11 is 1.68. The summed E-state index contributed by atoms with van der Waals surface area (Å²) in [5.41, 5.74) is 7.49. The highest BCUT2D eigenvalue weighted by Crippen LogP contribution is 2.17. The van der Waals surface area contributed by atoms with Crippen LogP contribution < -0.4 is 16.4 Å². The summed E-state index contributed by atoms with van der Waals surface area (Å²) in [6.45, 7) is 4.43. The first-order valence-electron chi connectivity index (χ1n) is 10.3. The molecule has 6 nitrogen and oxygen atoms in total. The fraction of sp³-hybridized carbons (Fsp3) is 0.619. The molecule has 0 bridgehead atoms. The van der Waals surface area contributed by atoms with Gasteiger partial charge in [0.1, 0.15) is 5.82 Å². The molecule has 1 heterocycles. The molecule has 1 aliphatic heterocycles. The van der Waals surface area contributed by atoms with Crippen molar-refractivity contribution in [1.82, 2.24) is 15.5 Å². The van der Waals surface area contributed by atoms with Crippen LogP contribution in [0.2, 0.25) is 0 Å². The number of unbranched alkanes of at least 4 members (excludes halogenated alkanes) is 1. The Balaban J connectivity index is 0.00000450. The Kier molecular flexibility index (Phi) is 13.3. The van der Waals surface area contributed by atoms with Crippen molar-refractivity contribution in [3.05, 3.63) is 35.1 Å². The lowest BCUT2D eigenvalue weighted by Gasteiger charge is -2.30. The van der Waals surface area contributed by atoms with Gasteiger partial charge in [0.15, 0.2) is 5.96 Å². The van der Waals surface area contributed by atoms with Gasteiger partial charge in [0, 0.05) is 31.8 Å². The summed E-state index contributed by atoms with van der Waals surface area (Å²) in [6.07, 6.45) is 5.92. The fourth-order valence-electron chi connectivity index (χ4n) is 3.56. The third kappa shape index (κ3) is 9.38. The van der Waals surface area contributed by atoms with Crippen molar-refractivity contribution >= 4 is 47.6 Å². The van der Waals surface area contributed by atoms with Crippen LogP contribution in [0.1, 0.15) is 36.8 Å². The predicted octanol–water partition coefficient (Wildman–Crippen LogP) is 2.95. The van der Waals surface area contributed by atoms with Gasteiger partial charge in [0.2, 0.25) is 5.91 Å². The largest absolute Gasteiger partial charge is 0.369 e. The number of nitrogens with one attached hydrogen (secondary N) is 2. The van der Waals surface area contributed by atoms with Crippen LogP contribution in [-0.2, 0) is 17.1 Å². The minimum atomic E-state index is -0.195. The first kappa shape index (κ1) is 27.0. The van der Waals surface area contributed by atoms with Crippen LogP contribution in [0.25, 0.3) is 0 Å². The maximum Gasteiger partial charge on any atom is 0.220 e.